The van der Waals surface area contributed by atoms with E-state index in [4.69, 9.17) is 0 Å². The Kier molecular flexibility index (Phi) is 3.90. The van der Waals surface area contributed by atoms with Crippen LogP contribution in [0.1, 0.15) is 29.8 Å². The Hall–Kier alpha value is -1.54. The zero-order valence-corrected chi connectivity index (χ0v) is 12.9. The standard InChI is InChI=1S/C14H13BrF3N3O/c15-12-10(7-22)20-21-11(14(16,17)18)6-9(19-13(12)21)8-4-2-1-3-5-8/h1-5,9,11,19,22H,6-7H2/t9-,11-/m1/s1. The maximum atomic E-state index is 13.4. The molecule has 1 aliphatic rings. The monoisotopic (exact) mass is 375 g/mol. The number of alkyl halides is 3. The second-order valence-electron chi connectivity index (χ2n) is 5.11. The average Bonchev–Trinajstić information content (AvgIpc) is 2.83. The van der Waals surface area contributed by atoms with Crippen LogP contribution in [0, 0.1) is 0 Å². The molecular formula is C14H13BrF3N3O. The van der Waals surface area contributed by atoms with Crippen molar-refractivity contribution in [3.05, 3.63) is 46.1 Å². The predicted octanol–water partition coefficient (Wildman–Crippen LogP) is 3.80. The van der Waals surface area contributed by atoms with E-state index < -0.39 is 24.9 Å². The van der Waals surface area contributed by atoms with E-state index >= 15 is 0 Å². The third-order valence-corrected chi connectivity index (χ3v) is 4.55. The van der Waals surface area contributed by atoms with Crippen molar-refractivity contribution in [1.82, 2.24) is 9.78 Å². The predicted molar refractivity (Wildman–Crippen MR) is 78.4 cm³/mol. The van der Waals surface area contributed by atoms with Crippen LogP contribution >= 0.6 is 15.9 Å². The largest absolute Gasteiger partial charge is 0.410 e. The first-order valence-electron chi connectivity index (χ1n) is 6.67. The minimum absolute atomic E-state index is 0.153. The van der Waals surface area contributed by atoms with Crippen LogP contribution < -0.4 is 5.32 Å². The van der Waals surface area contributed by atoms with Crippen LogP contribution in [0.4, 0.5) is 19.0 Å². The molecule has 0 aliphatic carbocycles. The van der Waals surface area contributed by atoms with Gasteiger partial charge in [-0.05, 0) is 21.5 Å². The van der Waals surface area contributed by atoms with Crippen molar-refractivity contribution >= 4 is 21.7 Å². The van der Waals surface area contributed by atoms with Gasteiger partial charge in [0, 0.05) is 6.42 Å². The minimum Gasteiger partial charge on any atom is -0.390 e. The highest BCUT2D eigenvalue weighted by molar-refractivity contribution is 9.10. The fourth-order valence-corrected chi connectivity index (χ4v) is 3.14. The number of nitrogens with one attached hydrogen (secondary N) is 1. The first-order valence-corrected chi connectivity index (χ1v) is 7.47. The second-order valence-corrected chi connectivity index (χ2v) is 5.91. The molecule has 2 heterocycles. The molecule has 0 radical (unpaired) electrons. The van der Waals surface area contributed by atoms with Crippen LogP contribution in [-0.2, 0) is 6.61 Å². The van der Waals surface area contributed by atoms with Crippen molar-refractivity contribution in [1.29, 1.82) is 0 Å². The number of aliphatic hydroxyl groups is 1. The Balaban J connectivity index is 2.06. The average molecular weight is 376 g/mol. The van der Waals surface area contributed by atoms with E-state index in [-0.39, 0.29) is 17.9 Å². The van der Waals surface area contributed by atoms with Crippen LogP contribution in [0.5, 0.6) is 0 Å². The lowest BCUT2D eigenvalue weighted by Gasteiger charge is -2.33. The number of nitrogens with zero attached hydrogens (tertiary/aromatic N) is 2. The third-order valence-electron chi connectivity index (χ3n) is 3.71. The number of hydrogen-bond acceptors (Lipinski definition) is 3. The molecule has 1 aromatic heterocycles. The fraction of sp³-hybridized carbons (Fsp3) is 0.357. The van der Waals surface area contributed by atoms with E-state index in [0.717, 1.165) is 10.2 Å². The summed E-state index contributed by atoms with van der Waals surface area (Å²) in [7, 11) is 0. The zero-order chi connectivity index (χ0) is 15.9. The van der Waals surface area contributed by atoms with Gasteiger partial charge in [0.15, 0.2) is 6.04 Å². The van der Waals surface area contributed by atoms with Crippen molar-refractivity contribution < 1.29 is 18.3 Å². The summed E-state index contributed by atoms with van der Waals surface area (Å²) in [6.45, 7) is -0.428. The van der Waals surface area contributed by atoms with E-state index in [1.165, 1.54) is 0 Å². The summed E-state index contributed by atoms with van der Waals surface area (Å²) in [5.74, 6) is 0.242. The van der Waals surface area contributed by atoms with Gasteiger partial charge < -0.3 is 10.4 Å². The Morgan fingerprint density at radius 1 is 1.32 bits per heavy atom. The van der Waals surface area contributed by atoms with Crippen LogP contribution in [-0.4, -0.2) is 21.1 Å². The number of rotatable bonds is 2. The van der Waals surface area contributed by atoms with Gasteiger partial charge in [-0.15, -0.1) is 0 Å². The van der Waals surface area contributed by atoms with E-state index in [1.807, 2.05) is 6.07 Å². The Morgan fingerprint density at radius 3 is 2.59 bits per heavy atom. The number of aliphatic hydroxyl groups excluding tert-OH is 1. The highest BCUT2D eigenvalue weighted by Crippen LogP contribution is 2.46. The van der Waals surface area contributed by atoms with E-state index in [1.54, 1.807) is 24.3 Å². The summed E-state index contributed by atoms with van der Waals surface area (Å²) >= 11 is 3.22. The molecule has 0 fully saturated rings. The molecule has 8 heteroatoms. The Labute approximate surface area is 133 Å². The molecule has 3 rings (SSSR count). The molecule has 1 aromatic carbocycles. The SMILES string of the molecule is OCc1nn2c(c1Br)N[C@@H](c1ccccc1)C[C@@H]2C(F)(F)F. The summed E-state index contributed by atoms with van der Waals surface area (Å²) < 4.78 is 41.4. The number of anilines is 1. The normalized spacial score (nSPS) is 21.3. The summed E-state index contributed by atoms with van der Waals surface area (Å²) in [4.78, 5) is 0. The molecular weight excluding hydrogens is 363 g/mol. The summed E-state index contributed by atoms with van der Waals surface area (Å²) in [6.07, 6.45) is -4.57. The van der Waals surface area contributed by atoms with Gasteiger partial charge in [0.25, 0.3) is 0 Å². The van der Waals surface area contributed by atoms with Crippen molar-refractivity contribution in [2.45, 2.75) is 31.3 Å². The molecule has 2 aromatic rings. The molecule has 4 nitrogen and oxygen atoms in total. The molecule has 1 aliphatic heterocycles. The molecule has 118 valence electrons. The van der Waals surface area contributed by atoms with Gasteiger partial charge in [0.05, 0.1) is 17.1 Å². The van der Waals surface area contributed by atoms with E-state index in [2.05, 4.69) is 26.3 Å². The topological polar surface area (TPSA) is 50.1 Å². The minimum atomic E-state index is -4.41. The molecule has 0 amide bonds. The van der Waals surface area contributed by atoms with Crippen LogP contribution in [0.3, 0.4) is 0 Å². The first-order chi connectivity index (χ1) is 10.4. The Morgan fingerprint density at radius 2 is 2.00 bits per heavy atom. The Bertz CT molecular complexity index is 672. The quantitative estimate of drug-likeness (QED) is 0.839. The summed E-state index contributed by atoms with van der Waals surface area (Å²) in [5.41, 5.74) is 0.965. The fourth-order valence-electron chi connectivity index (χ4n) is 2.64. The molecule has 22 heavy (non-hydrogen) atoms. The van der Waals surface area contributed by atoms with Crippen molar-refractivity contribution in [3.8, 4) is 0 Å². The van der Waals surface area contributed by atoms with Gasteiger partial charge in [-0.3, -0.25) is 0 Å². The lowest BCUT2D eigenvalue weighted by atomic mass is 9.97. The summed E-state index contributed by atoms with van der Waals surface area (Å²) in [6, 6.07) is 6.78. The van der Waals surface area contributed by atoms with Crippen LogP contribution in [0.25, 0.3) is 0 Å². The maximum absolute atomic E-state index is 13.4. The molecule has 2 atom stereocenters. The van der Waals surface area contributed by atoms with Gasteiger partial charge >= 0.3 is 6.18 Å². The lowest BCUT2D eigenvalue weighted by molar-refractivity contribution is -0.173. The van der Waals surface area contributed by atoms with Gasteiger partial charge in [0.2, 0.25) is 0 Å². The number of benzene rings is 1. The number of aromatic nitrogens is 2. The van der Waals surface area contributed by atoms with Crippen molar-refractivity contribution in [3.63, 3.8) is 0 Å². The van der Waals surface area contributed by atoms with Crippen LogP contribution in [0.2, 0.25) is 0 Å². The molecule has 0 saturated heterocycles. The molecule has 0 saturated carbocycles. The third kappa shape index (κ3) is 2.61. The second kappa shape index (κ2) is 5.58. The van der Waals surface area contributed by atoms with Gasteiger partial charge in [-0.25, -0.2) is 4.68 Å². The maximum Gasteiger partial charge on any atom is 0.410 e. The van der Waals surface area contributed by atoms with E-state index in [0.29, 0.717) is 4.47 Å². The van der Waals surface area contributed by atoms with Gasteiger partial charge in [0.1, 0.15) is 11.5 Å². The zero-order valence-electron chi connectivity index (χ0n) is 11.3. The van der Waals surface area contributed by atoms with Crippen molar-refractivity contribution in [2.75, 3.05) is 5.32 Å². The number of hydrogen-bond donors (Lipinski definition) is 2. The molecule has 0 bridgehead atoms. The van der Waals surface area contributed by atoms with Gasteiger partial charge in [-0.1, -0.05) is 30.3 Å². The molecule has 0 spiro atoms. The lowest BCUT2D eigenvalue weighted by Crippen LogP contribution is -2.35. The number of halogens is 4. The molecule has 0 unspecified atom stereocenters. The highest BCUT2D eigenvalue weighted by atomic mass is 79.9. The smallest absolute Gasteiger partial charge is 0.390 e. The van der Waals surface area contributed by atoms with E-state index in [9.17, 15) is 18.3 Å². The summed E-state index contributed by atoms with van der Waals surface area (Å²) in [5, 5.41) is 16.2. The first kappa shape index (κ1) is 15.4. The molecule has 2 N–H and O–H groups in total. The number of fused-ring (bicyclic) bond motifs is 1. The highest BCUT2D eigenvalue weighted by Gasteiger charge is 2.47. The van der Waals surface area contributed by atoms with Crippen LogP contribution in [0.15, 0.2) is 34.8 Å². The van der Waals surface area contributed by atoms with Gasteiger partial charge in [-0.2, -0.15) is 18.3 Å². The van der Waals surface area contributed by atoms with Crippen molar-refractivity contribution in [2.24, 2.45) is 0 Å².